The molecule has 0 saturated carbocycles. The molecule has 0 amide bonds. The van der Waals surface area contributed by atoms with Gasteiger partial charge in [-0.05, 0) is 47.2 Å². The Labute approximate surface area is 142 Å². The zero-order valence-corrected chi connectivity index (χ0v) is 13.0. The molecule has 8 heteroatoms. The third kappa shape index (κ3) is 4.39. The van der Waals surface area contributed by atoms with Gasteiger partial charge in [0.15, 0.2) is 0 Å². The number of nitrogens with zero attached hydrogens (tertiary/aromatic N) is 4. The molecule has 3 aromatic rings. The summed E-state index contributed by atoms with van der Waals surface area (Å²) < 4.78 is 18.7. The molecular formula is C17H13FN6O. The van der Waals surface area contributed by atoms with Crippen LogP contribution in [0, 0.1) is 17.1 Å². The molecule has 0 fully saturated rings. The fraction of sp³-hybridized carbons (Fsp3) is 0.0588. The topological polar surface area (TPSA) is 99.5 Å². The maximum Gasteiger partial charge on any atom is 0.216 e. The summed E-state index contributed by atoms with van der Waals surface area (Å²) in [7, 11) is 0. The Kier molecular flexibility index (Phi) is 4.97. The van der Waals surface area contributed by atoms with Crippen molar-refractivity contribution in [3.05, 3.63) is 71.9 Å². The van der Waals surface area contributed by atoms with E-state index in [1.165, 1.54) is 18.3 Å². The van der Waals surface area contributed by atoms with E-state index >= 15 is 0 Å². The van der Waals surface area contributed by atoms with Gasteiger partial charge in [-0.3, -0.25) is 0 Å². The van der Waals surface area contributed by atoms with Crippen molar-refractivity contribution in [3.8, 4) is 11.8 Å². The van der Waals surface area contributed by atoms with Crippen LogP contribution >= 0.6 is 0 Å². The Hall–Kier alpha value is -3.73. The summed E-state index contributed by atoms with van der Waals surface area (Å²) in [5, 5.41) is 25.3. The molecule has 1 heterocycles. The van der Waals surface area contributed by atoms with Crippen LogP contribution in [-0.4, -0.2) is 20.6 Å². The van der Waals surface area contributed by atoms with E-state index in [2.05, 4.69) is 25.9 Å². The number of hydrogen-bond acceptors (Lipinski definition) is 6. The molecule has 2 N–H and O–H groups in total. The van der Waals surface area contributed by atoms with Crippen LogP contribution in [0.2, 0.25) is 0 Å². The molecule has 1 aromatic heterocycles. The Morgan fingerprint density at radius 2 is 2.12 bits per heavy atom. The molecule has 0 unspecified atom stereocenters. The van der Waals surface area contributed by atoms with Gasteiger partial charge in [0.25, 0.3) is 0 Å². The number of H-pyrrole nitrogens is 1. The molecule has 0 saturated heterocycles. The lowest BCUT2D eigenvalue weighted by atomic mass is 10.2. The fourth-order valence-corrected chi connectivity index (χ4v) is 2.02. The summed E-state index contributed by atoms with van der Waals surface area (Å²) >= 11 is 0. The summed E-state index contributed by atoms with van der Waals surface area (Å²) in [6.45, 7) is 0.279. The smallest absolute Gasteiger partial charge is 0.216 e. The highest BCUT2D eigenvalue weighted by molar-refractivity contribution is 5.74. The Balaban J connectivity index is 1.59. The highest BCUT2D eigenvalue weighted by Crippen LogP contribution is 2.18. The number of anilines is 1. The predicted molar refractivity (Wildman–Crippen MR) is 88.6 cm³/mol. The summed E-state index contributed by atoms with van der Waals surface area (Å²) in [4.78, 5) is 0. The number of allylic oxidation sites excluding steroid dienone is 1. The van der Waals surface area contributed by atoms with Crippen molar-refractivity contribution in [1.29, 1.82) is 5.26 Å². The molecule has 0 atom stereocenters. The van der Waals surface area contributed by atoms with Crippen molar-refractivity contribution < 1.29 is 9.13 Å². The molecule has 0 aliphatic carbocycles. The van der Waals surface area contributed by atoms with Gasteiger partial charge in [0.2, 0.25) is 5.82 Å². The summed E-state index contributed by atoms with van der Waals surface area (Å²) in [5.74, 6) is 0.574. The number of benzene rings is 2. The molecule has 7 nitrogen and oxygen atoms in total. The van der Waals surface area contributed by atoms with E-state index in [9.17, 15) is 4.39 Å². The molecule has 0 spiro atoms. The van der Waals surface area contributed by atoms with Crippen LogP contribution in [0.3, 0.4) is 0 Å². The van der Waals surface area contributed by atoms with Gasteiger partial charge >= 0.3 is 0 Å². The Morgan fingerprint density at radius 1 is 1.28 bits per heavy atom. The van der Waals surface area contributed by atoms with Crippen LogP contribution in [-0.2, 0) is 6.61 Å². The normalized spacial score (nSPS) is 11.0. The number of hydrogen-bond donors (Lipinski definition) is 2. The lowest BCUT2D eigenvalue weighted by Crippen LogP contribution is -1.96. The zero-order valence-electron chi connectivity index (χ0n) is 13.0. The molecule has 0 radical (unpaired) electrons. The first-order valence-electron chi connectivity index (χ1n) is 7.32. The quantitative estimate of drug-likeness (QED) is 0.672. The van der Waals surface area contributed by atoms with Crippen molar-refractivity contribution in [2.75, 3.05) is 5.32 Å². The van der Waals surface area contributed by atoms with Gasteiger partial charge < -0.3 is 10.1 Å². The molecular weight excluding hydrogens is 323 g/mol. The summed E-state index contributed by atoms with van der Waals surface area (Å²) in [6.07, 6.45) is 1.49. The number of aromatic nitrogens is 4. The average molecular weight is 336 g/mol. The summed E-state index contributed by atoms with van der Waals surface area (Å²) in [6, 6.07) is 15.4. The average Bonchev–Trinajstić information content (AvgIpc) is 3.16. The SMILES string of the molecule is N#CC(=CNc1ccc(OCc2cccc(F)c2)cc1)c1nn[nH]n1. The first-order chi connectivity index (χ1) is 12.2. The number of halogens is 1. The van der Waals surface area contributed by atoms with Gasteiger partial charge in [0.1, 0.15) is 29.8 Å². The third-order valence-electron chi connectivity index (χ3n) is 3.24. The number of nitriles is 1. The number of rotatable bonds is 6. The van der Waals surface area contributed by atoms with E-state index in [1.807, 2.05) is 6.07 Å². The number of aromatic amines is 1. The van der Waals surface area contributed by atoms with Crippen molar-refractivity contribution in [3.63, 3.8) is 0 Å². The minimum absolute atomic E-state index is 0.213. The molecule has 124 valence electrons. The first-order valence-corrected chi connectivity index (χ1v) is 7.32. The maximum absolute atomic E-state index is 13.1. The van der Waals surface area contributed by atoms with Crippen molar-refractivity contribution in [2.24, 2.45) is 0 Å². The lowest BCUT2D eigenvalue weighted by Gasteiger charge is -2.07. The van der Waals surface area contributed by atoms with Crippen LogP contribution in [0.4, 0.5) is 10.1 Å². The highest BCUT2D eigenvalue weighted by Gasteiger charge is 2.05. The minimum atomic E-state index is -0.290. The number of tetrazole rings is 1. The second-order valence-corrected chi connectivity index (χ2v) is 4.99. The monoisotopic (exact) mass is 336 g/mol. The van der Waals surface area contributed by atoms with Gasteiger partial charge in [0, 0.05) is 11.9 Å². The van der Waals surface area contributed by atoms with E-state index < -0.39 is 0 Å². The number of ether oxygens (including phenoxy) is 1. The zero-order chi connectivity index (χ0) is 17.5. The predicted octanol–water partition coefficient (Wildman–Crippen LogP) is 2.89. The highest BCUT2D eigenvalue weighted by atomic mass is 19.1. The first kappa shape index (κ1) is 16.1. The van der Waals surface area contributed by atoms with Gasteiger partial charge in [-0.25, -0.2) is 4.39 Å². The second kappa shape index (κ2) is 7.70. The van der Waals surface area contributed by atoms with Crippen LogP contribution in [0.25, 0.3) is 5.57 Å². The van der Waals surface area contributed by atoms with Crippen molar-refractivity contribution in [2.45, 2.75) is 6.61 Å². The Bertz CT molecular complexity index is 900. The molecule has 25 heavy (non-hydrogen) atoms. The lowest BCUT2D eigenvalue weighted by molar-refractivity contribution is 0.305. The van der Waals surface area contributed by atoms with Crippen LogP contribution in [0.1, 0.15) is 11.4 Å². The van der Waals surface area contributed by atoms with Crippen molar-refractivity contribution in [1.82, 2.24) is 20.6 Å². The fourth-order valence-electron chi connectivity index (χ4n) is 2.02. The molecule has 3 rings (SSSR count). The van der Waals surface area contributed by atoms with Crippen LogP contribution in [0.15, 0.2) is 54.7 Å². The van der Waals surface area contributed by atoms with Gasteiger partial charge in [-0.2, -0.15) is 10.5 Å². The van der Waals surface area contributed by atoms with E-state index in [4.69, 9.17) is 10.00 Å². The maximum atomic E-state index is 13.1. The van der Waals surface area contributed by atoms with E-state index in [1.54, 1.807) is 36.4 Å². The standard InChI is InChI=1S/C17H13FN6O/c18-14-3-1-2-12(8-14)11-25-16-6-4-15(5-7-16)20-10-13(9-19)17-21-23-24-22-17/h1-8,10,20H,11H2,(H,21,22,23,24). The van der Waals surface area contributed by atoms with E-state index in [0.29, 0.717) is 5.75 Å². The van der Waals surface area contributed by atoms with Crippen molar-refractivity contribution >= 4 is 11.3 Å². The summed E-state index contributed by atoms with van der Waals surface area (Å²) in [5.41, 5.74) is 1.76. The molecule has 2 aromatic carbocycles. The number of nitrogens with one attached hydrogen (secondary N) is 2. The van der Waals surface area contributed by atoms with E-state index in [-0.39, 0.29) is 23.8 Å². The Morgan fingerprint density at radius 3 is 2.80 bits per heavy atom. The van der Waals surface area contributed by atoms with Gasteiger partial charge in [-0.15, -0.1) is 10.2 Å². The van der Waals surface area contributed by atoms with E-state index in [0.717, 1.165) is 11.3 Å². The third-order valence-corrected chi connectivity index (χ3v) is 3.24. The van der Waals surface area contributed by atoms with Gasteiger partial charge in [-0.1, -0.05) is 12.1 Å². The van der Waals surface area contributed by atoms with Crippen LogP contribution in [0.5, 0.6) is 5.75 Å². The minimum Gasteiger partial charge on any atom is -0.489 e. The van der Waals surface area contributed by atoms with Gasteiger partial charge in [0.05, 0.1) is 0 Å². The van der Waals surface area contributed by atoms with Crippen LogP contribution < -0.4 is 10.1 Å². The molecule has 0 bridgehead atoms. The second-order valence-electron chi connectivity index (χ2n) is 4.99. The molecule has 0 aliphatic rings. The molecule has 0 aliphatic heterocycles. The largest absolute Gasteiger partial charge is 0.489 e.